The van der Waals surface area contributed by atoms with Crippen molar-refractivity contribution in [2.45, 2.75) is 39.2 Å². The maximum absolute atomic E-state index is 10.3. The van der Waals surface area contributed by atoms with Gasteiger partial charge in [0.15, 0.2) is 0 Å². The highest BCUT2D eigenvalue weighted by atomic mass is 16.3. The number of aromatic amines is 1. The molecule has 3 heteroatoms. The number of hydrogen-bond donors (Lipinski definition) is 2. The second-order valence-corrected chi connectivity index (χ2v) is 5.41. The molecule has 0 aliphatic heterocycles. The molecule has 0 saturated heterocycles. The zero-order valence-corrected chi connectivity index (χ0v) is 11.6. The molecular formula is C16H22N2O. The minimum absolute atomic E-state index is 0.437. The van der Waals surface area contributed by atoms with E-state index in [9.17, 15) is 5.11 Å². The molecule has 0 spiro atoms. The molecule has 2 N–H and O–H groups in total. The number of aliphatic hydroxyl groups excluding tert-OH is 1. The summed E-state index contributed by atoms with van der Waals surface area (Å²) in [5.74, 6) is 0.685. The maximum atomic E-state index is 10.3. The van der Waals surface area contributed by atoms with Crippen molar-refractivity contribution in [3.63, 3.8) is 0 Å². The molecule has 0 amide bonds. The highest BCUT2D eigenvalue weighted by Gasteiger charge is 2.15. The SMILES string of the molecule is CC(C)CCCC(O)c1cn[nH]c1-c1ccccc1. The summed E-state index contributed by atoms with van der Waals surface area (Å²) in [6.45, 7) is 4.42. The summed E-state index contributed by atoms with van der Waals surface area (Å²) in [5.41, 5.74) is 2.89. The van der Waals surface area contributed by atoms with Gasteiger partial charge in [-0.2, -0.15) is 5.10 Å². The van der Waals surface area contributed by atoms with Gasteiger partial charge in [-0.25, -0.2) is 0 Å². The van der Waals surface area contributed by atoms with Crippen LogP contribution in [0.3, 0.4) is 0 Å². The second-order valence-electron chi connectivity index (χ2n) is 5.41. The van der Waals surface area contributed by atoms with Crippen molar-refractivity contribution in [1.82, 2.24) is 10.2 Å². The molecular weight excluding hydrogens is 236 g/mol. The monoisotopic (exact) mass is 258 g/mol. The molecule has 1 unspecified atom stereocenters. The first-order chi connectivity index (χ1) is 9.18. The van der Waals surface area contributed by atoms with E-state index in [-0.39, 0.29) is 0 Å². The van der Waals surface area contributed by atoms with Gasteiger partial charge in [0.1, 0.15) is 0 Å². The molecule has 19 heavy (non-hydrogen) atoms. The van der Waals surface area contributed by atoms with Crippen LogP contribution in [-0.2, 0) is 0 Å². The number of aliphatic hydroxyl groups is 1. The predicted molar refractivity (Wildman–Crippen MR) is 77.7 cm³/mol. The molecule has 0 aliphatic rings. The lowest BCUT2D eigenvalue weighted by atomic mass is 9.98. The summed E-state index contributed by atoms with van der Waals surface area (Å²) in [7, 11) is 0. The van der Waals surface area contributed by atoms with Crippen LogP contribution in [0, 0.1) is 5.92 Å². The standard InChI is InChI=1S/C16H22N2O/c1-12(2)7-6-10-15(19)14-11-17-18-16(14)13-8-4-3-5-9-13/h3-5,8-9,11-12,15,19H,6-7,10H2,1-2H3,(H,17,18). The van der Waals surface area contributed by atoms with Crippen molar-refractivity contribution in [1.29, 1.82) is 0 Å². The van der Waals surface area contributed by atoms with Crippen LogP contribution >= 0.6 is 0 Å². The first-order valence-electron chi connectivity index (χ1n) is 6.95. The van der Waals surface area contributed by atoms with Crippen molar-refractivity contribution >= 4 is 0 Å². The molecule has 0 radical (unpaired) electrons. The van der Waals surface area contributed by atoms with Gasteiger partial charge in [0.2, 0.25) is 0 Å². The van der Waals surface area contributed by atoms with Gasteiger partial charge in [-0.3, -0.25) is 5.10 Å². The minimum Gasteiger partial charge on any atom is -0.388 e. The van der Waals surface area contributed by atoms with Gasteiger partial charge in [0.25, 0.3) is 0 Å². The van der Waals surface area contributed by atoms with E-state index < -0.39 is 6.10 Å². The van der Waals surface area contributed by atoms with E-state index >= 15 is 0 Å². The van der Waals surface area contributed by atoms with Crippen molar-refractivity contribution in [2.75, 3.05) is 0 Å². The van der Waals surface area contributed by atoms with E-state index in [0.717, 1.165) is 36.1 Å². The molecule has 102 valence electrons. The lowest BCUT2D eigenvalue weighted by molar-refractivity contribution is 0.162. The Morgan fingerprint density at radius 2 is 1.89 bits per heavy atom. The van der Waals surface area contributed by atoms with E-state index in [1.165, 1.54) is 0 Å². The highest BCUT2D eigenvalue weighted by molar-refractivity contribution is 5.62. The number of nitrogens with one attached hydrogen (secondary N) is 1. The number of benzene rings is 1. The van der Waals surface area contributed by atoms with Gasteiger partial charge in [-0.1, -0.05) is 57.0 Å². The lowest BCUT2D eigenvalue weighted by Crippen LogP contribution is -1.99. The van der Waals surface area contributed by atoms with Crippen molar-refractivity contribution in [2.24, 2.45) is 5.92 Å². The fourth-order valence-corrected chi connectivity index (χ4v) is 2.26. The molecule has 0 fully saturated rings. The van der Waals surface area contributed by atoms with Crippen LogP contribution in [0.15, 0.2) is 36.5 Å². The van der Waals surface area contributed by atoms with Gasteiger partial charge in [-0.15, -0.1) is 0 Å². The van der Waals surface area contributed by atoms with E-state index in [4.69, 9.17) is 0 Å². The Hall–Kier alpha value is -1.61. The quantitative estimate of drug-likeness (QED) is 0.824. The van der Waals surface area contributed by atoms with Gasteiger partial charge in [-0.05, 0) is 17.9 Å². The van der Waals surface area contributed by atoms with Crippen molar-refractivity contribution in [3.05, 3.63) is 42.1 Å². The Bertz CT molecular complexity index is 490. The molecule has 1 atom stereocenters. The van der Waals surface area contributed by atoms with E-state index in [1.807, 2.05) is 30.3 Å². The predicted octanol–water partition coefficient (Wildman–Crippen LogP) is 3.94. The largest absolute Gasteiger partial charge is 0.388 e. The Morgan fingerprint density at radius 3 is 2.58 bits per heavy atom. The third kappa shape index (κ3) is 3.67. The first kappa shape index (κ1) is 13.8. The summed E-state index contributed by atoms with van der Waals surface area (Å²) >= 11 is 0. The van der Waals surface area contributed by atoms with Gasteiger partial charge < -0.3 is 5.11 Å². The van der Waals surface area contributed by atoms with E-state index in [1.54, 1.807) is 6.20 Å². The zero-order chi connectivity index (χ0) is 13.7. The molecule has 0 aliphatic carbocycles. The molecule has 2 aromatic rings. The smallest absolute Gasteiger partial charge is 0.0826 e. The third-order valence-electron chi connectivity index (χ3n) is 3.35. The van der Waals surface area contributed by atoms with Gasteiger partial charge in [0, 0.05) is 5.56 Å². The summed E-state index contributed by atoms with van der Waals surface area (Å²) in [4.78, 5) is 0. The fourth-order valence-electron chi connectivity index (χ4n) is 2.26. The molecule has 1 heterocycles. The molecule has 0 bridgehead atoms. The molecule has 2 rings (SSSR count). The first-order valence-corrected chi connectivity index (χ1v) is 6.95. The highest BCUT2D eigenvalue weighted by Crippen LogP contribution is 2.28. The molecule has 1 aromatic heterocycles. The van der Waals surface area contributed by atoms with Crippen LogP contribution in [0.4, 0.5) is 0 Å². The number of hydrogen-bond acceptors (Lipinski definition) is 2. The van der Waals surface area contributed by atoms with Crippen LogP contribution in [0.5, 0.6) is 0 Å². The molecule has 0 saturated carbocycles. The molecule has 1 aromatic carbocycles. The fraction of sp³-hybridized carbons (Fsp3) is 0.438. The van der Waals surface area contributed by atoms with E-state index in [0.29, 0.717) is 5.92 Å². The van der Waals surface area contributed by atoms with Gasteiger partial charge >= 0.3 is 0 Å². The van der Waals surface area contributed by atoms with Crippen LogP contribution < -0.4 is 0 Å². The summed E-state index contributed by atoms with van der Waals surface area (Å²) in [5, 5.41) is 17.4. The number of nitrogens with zero attached hydrogens (tertiary/aromatic N) is 1. The Labute approximate surface area is 114 Å². The third-order valence-corrected chi connectivity index (χ3v) is 3.35. The lowest BCUT2D eigenvalue weighted by Gasteiger charge is -2.12. The normalized spacial score (nSPS) is 12.8. The Balaban J connectivity index is 2.07. The number of aromatic nitrogens is 2. The van der Waals surface area contributed by atoms with Crippen LogP contribution in [-0.4, -0.2) is 15.3 Å². The van der Waals surface area contributed by atoms with Gasteiger partial charge in [0.05, 0.1) is 18.0 Å². The average molecular weight is 258 g/mol. The minimum atomic E-state index is -0.437. The Kier molecular flexibility index (Phi) is 4.74. The van der Waals surface area contributed by atoms with Crippen molar-refractivity contribution < 1.29 is 5.11 Å². The van der Waals surface area contributed by atoms with Crippen LogP contribution in [0.2, 0.25) is 0 Å². The summed E-state index contributed by atoms with van der Waals surface area (Å²) in [6.07, 6.45) is 4.28. The second kappa shape index (κ2) is 6.53. The van der Waals surface area contributed by atoms with Crippen molar-refractivity contribution in [3.8, 4) is 11.3 Å². The Morgan fingerprint density at radius 1 is 1.16 bits per heavy atom. The number of rotatable bonds is 6. The topological polar surface area (TPSA) is 48.9 Å². The van der Waals surface area contributed by atoms with Crippen LogP contribution in [0.25, 0.3) is 11.3 Å². The van der Waals surface area contributed by atoms with E-state index in [2.05, 4.69) is 24.0 Å². The number of H-pyrrole nitrogens is 1. The zero-order valence-electron chi connectivity index (χ0n) is 11.6. The summed E-state index contributed by atoms with van der Waals surface area (Å²) < 4.78 is 0. The summed E-state index contributed by atoms with van der Waals surface area (Å²) in [6, 6.07) is 10.0. The molecule has 3 nitrogen and oxygen atoms in total. The maximum Gasteiger partial charge on any atom is 0.0826 e. The average Bonchev–Trinajstić information content (AvgIpc) is 2.88. The van der Waals surface area contributed by atoms with Crippen LogP contribution in [0.1, 0.15) is 44.8 Å².